The first-order valence-electron chi connectivity index (χ1n) is 6.82. The summed E-state index contributed by atoms with van der Waals surface area (Å²) in [7, 11) is 0. The Kier molecular flexibility index (Phi) is 6.80. The third-order valence-corrected chi connectivity index (χ3v) is 3.60. The van der Waals surface area contributed by atoms with E-state index in [2.05, 4.69) is 19.2 Å². The summed E-state index contributed by atoms with van der Waals surface area (Å²) >= 11 is 5.89. The van der Waals surface area contributed by atoms with E-state index in [1.807, 2.05) is 24.3 Å². The lowest BCUT2D eigenvalue weighted by Crippen LogP contribution is -2.53. The predicted molar refractivity (Wildman–Crippen MR) is 81.5 cm³/mol. The fourth-order valence-corrected chi connectivity index (χ4v) is 2.43. The highest BCUT2D eigenvalue weighted by Gasteiger charge is 2.24. The lowest BCUT2D eigenvalue weighted by Gasteiger charge is -2.33. The summed E-state index contributed by atoms with van der Waals surface area (Å²) in [6, 6.07) is 8.23. The minimum Gasteiger partial charge on any atom is -0.396 e. The van der Waals surface area contributed by atoms with Crippen LogP contribution in [-0.4, -0.2) is 29.8 Å². The Bertz CT molecular complexity index is 369. The van der Waals surface area contributed by atoms with Gasteiger partial charge in [0.25, 0.3) is 0 Å². The summed E-state index contributed by atoms with van der Waals surface area (Å²) in [6.45, 7) is 5.07. The van der Waals surface area contributed by atoms with Crippen molar-refractivity contribution in [2.75, 3.05) is 13.2 Å². The van der Waals surface area contributed by atoms with E-state index in [9.17, 15) is 0 Å². The molecule has 0 aliphatic carbocycles. The molecule has 19 heavy (non-hydrogen) atoms. The van der Waals surface area contributed by atoms with Crippen LogP contribution in [0.2, 0.25) is 5.02 Å². The highest BCUT2D eigenvalue weighted by atomic mass is 35.5. The van der Waals surface area contributed by atoms with Crippen molar-refractivity contribution in [1.82, 2.24) is 5.32 Å². The molecule has 1 aromatic rings. The molecule has 4 N–H and O–H groups in total. The van der Waals surface area contributed by atoms with Crippen LogP contribution >= 0.6 is 11.6 Å². The first-order chi connectivity index (χ1) is 8.99. The molecule has 1 rings (SSSR count). The fourth-order valence-electron chi connectivity index (χ4n) is 2.30. The number of hydrogen-bond acceptors (Lipinski definition) is 3. The quantitative estimate of drug-likeness (QED) is 0.687. The predicted octanol–water partition coefficient (Wildman–Crippen LogP) is 2.35. The van der Waals surface area contributed by atoms with E-state index >= 15 is 0 Å². The molecule has 2 atom stereocenters. The van der Waals surface area contributed by atoms with Crippen molar-refractivity contribution in [2.45, 2.75) is 44.7 Å². The van der Waals surface area contributed by atoms with Gasteiger partial charge in [-0.25, -0.2) is 0 Å². The summed E-state index contributed by atoms with van der Waals surface area (Å²) < 4.78 is 0. The monoisotopic (exact) mass is 284 g/mol. The van der Waals surface area contributed by atoms with Gasteiger partial charge >= 0.3 is 0 Å². The van der Waals surface area contributed by atoms with Crippen LogP contribution in [0.1, 0.15) is 32.3 Å². The molecule has 0 aliphatic heterocycles. The van der Waals surface area contributed by atoms with Crippen molar-refractivity contribution in [2.24, 2.45) is 5.73 Å². The van der Waals surface area contributed by atoms with Gasteiger partial charge in [0.05, 0.1) is 0 Å². The van der Waals surface area contributed by atoms with Gasteiger partial charge in [-0.15, -0.1) is 0 Å². The standard InChI is InChI=1S/C15H25ClN2O/c1-12(4-3-9-19)18-15(2,11-17)10-13-5-7-14(16)8-6-13/h5-8,12,18-19H,3-4,9-11,17H2,1-2H3. The van der Waals surface area contributed by atoms with E-state index in [0.29, 0.717) is 12.6 Å². The zero-order chi connectivity index (χ0) is 14.3. The van der Waals surface area contributed by atoms with Gasteiger partial charge in [-0.2, -0.15) is 0 Å². The second-order valence-corrected chi connectivity index (χ2v) is 5.92. The topological polar surface area (TPSA) is 58.3 Å². The van der Waals surface area contributed by atoms with E-state index in [1.165, 1.54) is 5.56 Å². The second-order valence-electron chi connectivity index (χ2n) is 5.48. The largest absolute Gasteiger partial charge is 0.396 e. The molecule has 0 saturated heterocycles. The smallest absolute Gasteiger partial charge is 0.0431 e. The van der Waals surface area contributed by atoms with Gasteiger partial charge in [0.15, 0.2) is 0 Å². The lowest BCUT2D eigenvalue weighted by molar-refractivity contribution is 0.259. The number of aliphatic hydroxyl groups excluding tert-OH is 1. The van der Waals surface area contributed by atoms with Crippen molar-refractivity contribution >= 4 is 11.6 Å². The Balaban J connectivity index is 2.61. The normalized spacial score (nSPS) is 16.1. The number of benzene rings is 1. The zero-order valence-corrected chi connectivity index (χ0v) is 12.6. The average Bonchev–Trinajstić information content (AvgIpc) is 2.39. The summed E-state index contributed by atoms with van der Waals surface area (Å²) in [4.78, 5) is 0. The molecule has 0 fully saturated rings. The second kappa shape index (κ2) is 7.85. The number of aliphatic hydroxyl groups is 1. The first kappa shape index (κ1) is 16.4. The average molecular weight is 285 g/mol. The molecule has 0 spiro atoms. The highest BCUT2D eigenvalue weighted by Crippen LogP contribution is 2.16. The van der Waals surface area contributed by atoms with Gasteiger partial charge in [0, 0.05) is 29.8 Å². The Morgan fingerprint density at radius 1 is 1.37 bits per heavy atom. The maximum Gasteiger partial charge on any atom is 0.0431 e. The van der Waals surface area contributed by atoms with E-state index in [1.54, 1.807) is 0 Å². The first-order valence-corrected chi connectivity index (χ1v) is 7.20. The molecule has 2 unspecified atom stereocenters. The van der Waals surface area contributed by atoms with Crippen LogP contribution in [-0.2, 0) is 6.42 Å². The van der Waals surface area contributed by atoms with Gasteiger partial charge < -0.3 is 16.2 Å². The van der Waals surface area contributed by atoms with E-state index in [0.717, 1.165) is 24.3 Å². The number of nitrogens with one attached hydrogen (secondary N) is 1. The summed E-state index contributed by atoms with van der Waals surface area (Å²) in [5, 5.41) is 13.2. The van der Waals surface area contributed by atoms with Crippen LogP contribution in [0.4, 0.5) is 0 Å². The van der Waals surface area contributed by atoms with Crippen LogP contribution in [0, 0.1) is 0 Å². The Morgan fingerprint density at radius 2 is 2.00 bits per heavy atom. The number of nitrogens with two attached hydrogens (primary N) is 1. The van der Waals surface area contributed by atoms with Gasteiger partial charge in [-0.1, -0.05) is 23.7 Å². The molecule has 108 valence electrons. The minimum atomic E-state index is -0.136. The maximum absolute atomic E-state index is 8.87. The van der Waals surface area contributed by atoms with Crippen LogP contribution in [0.5, 0.6) is 0 Å². The summed E-state index contributed by atoms with van der Waals surface area (Å²) in [5.41, 5.74) is 7.01. The molecule has 4 heteroatoms. The van der Waals surface area contributed by atoms with Gasteiger partial charge in [0.1, 0.15) is 0 Å². The SMILES string of the molecule is CC(CCCO)NC(C)(CN)Cc1ccc(Cl)cc1. The molecule has 0 radical (unpaired) electrons. The Morgan fingerprint density at radius 3 is 2.53 bits per heavy atom. The highest BCUT2D eigenvalue weighted by molar-refractivity contribution is 6.30. The third kappa shape index (κ3) is 5.91. The van der Waals surface area contributed by atoms with Crippen molar-refractivity contribution in [3.63, 3.8) is 0 Å². The van der Waals surface area contributed by atoms with Crippen molar-refractivity contribution < 1.29 is 5.11 Å². The molecular formula is C15H25ClN2O. The van der Waals surface area contributed by atoms with Crippen LogP contribution in [0.15, 0.2) is 24.3 Å². The van der Waals surface area contributed by atoms with Crippen molar-refractivity contribution in [1.29, 1.82) is 0 Å². The Labute approximate surface area is 121 Å². The third-order valence-electron chi connectivity index (χ3n) is 3.35. The lowest BCUT2D eigenvalue weighted by atomic mass is 9.91. The maximum atomic E-state index is 8.87. The molecule has 0 bridgehead atoms. The molecule has 0 saturated carbocycles. The van der Waals surface area contributed by atoms with E-state index < -0.39 is 0 Å². The van der Waals surface area contributed by atoms with E-state index in [4.69, 9.17) is 22.4 Å². The van der Waals surface area contributed by atoms with Crippen LogP contribution in [0.3, 0.4) is 0 Å². The molecule has 3 nitrogen and oxygen atoms in total. The van der Waals surface area contributed by atoms with Crippen LogP contribution < -0.4 is 11.1 Å². The van der Waals surface area contributed by atoms with Gasteiger partial charge in [-0.05, 0) is 50.8 Å². The molecule has 0 amide bonds. The molecular weight excluding hydrogens is 260 g/mol. The zero-order valence-electron chi connectivity index (χ0n) is 11.8. The van der Waals surface area contributed by atoms with Crippen molar-refractivity contribution in [3.8, 4) is 0 Å². The number of hydrogen-bond donors (Lipinski definition) is 3. The minimum absolute atomic E-state index is 0.136. The number of rotatable bonds is 8. The van der Waals surface area contributed by atoms with Crippen molar-refractivity contribution in [3.05, 3.63) is 34.9 Å². The number of halogens is 1. The Hall–Kier alpha value is -0.610. The summed E-state index contributed by atoms with van der Waals surface area (Å²) in [6.07, 6.45) is 2.63. The molecule has 1 aromatic carbocycles. The van der Waals surface area contributed by atoms with Crippen LogP contribution in [0.25, 0.3) is 0 Å². The van der Waals surface area contributed by atoms with E-state index in [-0.39, 0.29) is 12.1 Å². The molecule has 0 aliphatic rings. The fraction of sp³-hybridized carbons (Fsp3) is 0.600. The van der Waals surface area contributed by atoms with Gasteiger partial charge in [-0.3, -0.25) is 0 Å². The molecule has 0 heterocycles. The summed E-state index contributed by atoms with van der Waals surface area (Å²) in [5.74, 6) is 0. The van der Waals surface area contributed by atoms with Gasteiger partial charge in [0.2, 0.25) is 0 Å². The molecule has 0 aromatic heterocycles.